The zero-order chi connectivity index (χ0) is 9.80. The number of aromatic nitrogens is 2. The largest absolute Gasteiger partial charge is 0.317 e. The van der Waals surface area contributed by atoms with Crippen molar-refractivity contribution in [2.24, 2.45) is 0 Å². The molecule has 14 heavy (non-hydrogen) atoms. The molecule has 1 aliphatic rings. The van der Waals surface area contributed by atoms with Crippen molar-refractivity contribution in [3.8, 4) is 0 Å². The third kappa shape index (κ3) is 2.12. The first-order chi connectivity index (χ1) is 6.90. The van der Waals surface area contributed by atoms with Crippen LogP contribution in [0.4, 0.5) is 5.69 Å². The molecule has 0 amide bonds. The average Bonchev–Trinajstić information content (AvgIpc) is 2.68. The fourth-order valence-electron chi connectivity index (χ4n) is 1.82. The average molecular weight is 197 g/mol. The predicted octanol–water partition coefficient (Wildman–Crippen LogP) is -0.436. The van der Waals surface area contributed by atoms with Gasteiger partial charge in [-0.25, -0.2) is 4.84 Å². The molecule has 0 unspecified atom stereocenters. The first-order valence-electron chi connectivity index (χ1n) is 5.01. The fraction of sp³-hybridized carbons (Fsp3) is 0.667. The van der Waals surface area contributed by atoms with Gasteiger partial charge < -0.3 is 5.32 Å². The zero-order valence-corrected chi connectivity index (χ0v) is 8.44. The van der Waals surface area contributed by atoms with Crippen LogP contribution in [-0.2, 0) is 4.84 Å². The van der Waals surface area contributed by atoms with E-state index in [0.29, 0.717) is 6.04 Å². The lowest BCUT2D eigenvalue weighted by atomic mass is 10.1. The van der Waals surface area contributed by atoms with E-state index in [1.165, 1.54) is 0 Å². The third-order valence-electron chi connectivity index (χ3n) is 2.56. The molecule has 1 aliphatic heterocycles. The summed E-state index contributed by atoms with van der Waals surface area (Å²) in [6.07, 6.45) is 6.20. The van der Waals surface area contributed by atoms with Gasteiger partial charge in [0.2, 0.25) is 0 Å². The lowest BCUT2D eigenvalue weighted by Gasteiger charge is -2.22. The summed E-state index contributed by atoms with van der Waals surface area (Å²) in [5.41, 5.74) is 2.75. The lowest BCUT2D eigenvalue weighted by molar-refractivity contribution is -0.830. The second-order valence-electron chi connectivity index (χ2n) is 3.59. The van der Waals surface area contributed by atoms with Gasteiger partial charge in [0, 0.05) is 0 Å². The standard InChI is InChI=1S/C9H16N4O/c1-14-12-8-6-11-13(7-8)9-2-4-10-5-3-9/h6-7,9-10,12H,2-5H2,1H3/p+1. The Hall–Kier alpha value is -0.910. The quantitative estimate of drug-likeness (QED) is 0.646. The summed E-state index contributed by atoms with van der Waals surface area (Å²) in [4.78, 5) is 4.94. The van der Waals surface area contributed by atoms with E-state index in [-0.39, 0.29) is 0 Å². The molecule has 0 atom stereocenters. The van der Waals surface area contributed by atoms with E-state index in [4.69, 9.17) is 4.84 Å². The molecule has 1 fully saturated rings. The van der Waals surface area contributed by atoms with E-state index in [9.17, 15) is 0 Å². The Morgan fingerprint density at radius 2 is 2.36 bits per heavy atom. The minimum Gasteiger partial charge on any atom is -0.317 e. The molecule has 0 aromatic carbocycles. The molecular weight excluding hydrogens is 180 g/mol. The van der Waals surface area contributed by atoms with Crippen LogP contribution in [-0.4, -0.2) is 30.0 Å². The Labute approximate surface area is 83.4 Å². The molecule has 78 valence electrons. The SMILES string of the molecule is CO[NH2+]c1cnn(C2CCNCC2)c1. The first-order valence-corrected chi connectivity index (χ1v) is 5.01. The predicted molar refractivity (Wildman–Crippen MR) is 52.0 cm³/mol. The monoisotopic (exact) mass is 197 g/mol. The van der Waals surface area contributed by atoms with Crippen LogP contribution in [0.5, 0.6) is 0 Å². The second-order valence-corrected chi connectivity index (χ2v) is 3.59. The molecule has 1 aromatic rings. The van der Waals surface area contributed by atoms with E-state index < -0.39 is 0 Å². The van der Waals surface area contributed by atoms with Crippen molar-refractivity contribution >= 4 is 5.69 Å². The van der Waals surface area contributed by atoms with E-state index in [1.807, 2.05) is 17.1 Å². The molecule has 2 heterocycles. The highest BCUT2D eigenvalue weighted by Crippen LogP contribution is 2.17. The van der Waals surface area contributed by atoms with Gasteiger partial charge in [-0.05, 0) is 25.9 Å². The van der Waals surface area contributed by atoms with Crippen molar-refractivity contribution in [1.82, 2.24) is 15.1 Å². The molecule has 0 aliphatic carbocycles. The van der Waals surface area contributed by atoms with Gasteiger partial charge in [-0.15, -0.1) is 0 Å². The summed E-state index contributed by atoms with van der Waals surface area (Å²) in [7, 11) is 1.65. The number of piperidine rings is 1. The fourth-order valence-corrected chi connectivity index (χ4v) is 1.82. The molecule has 0 saturated carbocycles. The molecule has 0 radical (unpaired) electrons. The molecule has 2 rings (SSSR count). The van der Waals surface area contributed by atoms with Crippen LogP contribution in [0.1, 0.15) is 18.9 Å². The van der Waals surface area contributed by atoms with Crippen LogP contribution in [0.3, 0.4) is 0 Å². The number of rotatable bonds is 3. The number of hydrogen-bond donors (Lipinski definition) is 2. The van der Waals surface area contributed by atoms with Gasteiger partial charge in [-0.3, -0.25) is 4.68 Å². The van der Waals surface area contributed by atoms with Gasteiger partial charge in [0.05, 0.1) is 19.3 Å². The smallest absolute Gasteiger partial charge is 0.200 e. The van der Waals surface area contributed by atoms with Crippen molar-refractivity contribution in [2.75, 3.05) is 20.2 Å². The van der Waals surface area contributed by atoms with Crippen LogP contribution in [0.25, 0.3) is 0 Å². The summed E-state index contributed by atoms with van der Waals surface area (Å²) in [6, 6.07) is 0.551. The number of nitrogens with two attached hydrogens (primary N) is 1. The normalized spacial score (nSPS) is 18.6. The van der Waals surface area contributed by atoms with Crippen molar-refractivity contribution < 1.29 is 10.3 Å². The van der Waals surface area contributed by atoms with E-state index >= 15 is 0 Å². The Bertz CT molecular complexity index is 280. The zero-order valence-electron chi connectivity index (χ0n) is 8.44. The summed E-state index contributed by atoms with van der Waals surface area (Å²) < 4.78 is 2.05. The highest BCUT2D eigenvalue weighted by Gasteiger charge is 2.16. The molecular formula is C9H17N4O+. The number of nitrogens with zero attached hydrogens (tertiary/aromatic N) is 2. The Kier molecular flexibility index (Phi) is 3.13. The van der Waals surface area contributed by atoms with Gasteiger partial charge in [0.1, 0.15) is 6.20 Å². The van der Waals surface area contributed by atoms with Crippen LogP contribution >= 0.6 is 0 Å². The van der Waals surface area contributed by atoms with Gasteiger partial charge >= 0.3 is 0 Å². The lowest BCUT2D eigenvalue weighted by Crippen LogP contribution is -2.75. The number of nitrogens with one attached hydrogen (secondary N) is 1. The third-order valence-corrected chi connectivity index (χ3v) is 2.56. The summed E-state index contributed by atoms with van der Waals surface area (Å²) in [5, 5.41) is 7.68. The maximum atomic E-state index is 4.94. The highest BCUT2D eigenvalue weighted by molar-refractivity contribution is 5.18. The van der Waals surface area contributed by atoms with Crippen molar-refractivity contribution in [2.45, 2.75) is 18.9 Å². The summed E-state index contributed by atoms with van der Waals surface area (Å²) >= 11 is 0. The molecule has 5 nitrogen and oxygen atoms in total. The second kappa shape index (κ2) is 4.54. The van der Waals surface area contributed by atoms with E-state index in [2.05, 4.69) is 10.4 Å². The Morgan fingerprint density at radius 3 is 3.07 bits per heavy atom. The van der Waals surface area contributed by atoms with Crippen LogP contribution in [0.2, 0.25) is 0 Å². The molecule has 1 aromatic heterocycles. The maximum absolute atomic E-state index is 4.94. The van der Waals surface area contributed by atoms with E-state index in [0.717, 1.165) is 31.6 Å². The molecule has 3 N–H and O–H groups in total. The maximum Gasteiger partial charge on any atom is 0.200 e. The van der Waals surface area contributed by atoms with Crippen molar-refractivity contribution in [3.63, 3.8) is 0 Å². The minimum atomic E-state index is 0.551. The van der Waals surface area contributed by atoms with Gasteiger partial charge in [0.15, 0.2) is 5.69 Å². The summed E-state index contributed by atoms with van der Waals surface area (Å²) in [5.74, 6) is 0. The van der Waals surface area contributed by atoms with Crippen LogP contribution in [0.15, 0.2) is 12.4 Å². The molecule has 0 bridgehead atoms. The molecule has 1 saturated heterocycles. The molecule has 5 heteroatoms. The highest BCUT2D eigenvalue weighted by atomic mass is 16.6. The topological polar surface area (TPSA) is 55.7 Å². The Morgan fingerprint density at radius 1 is 1.57 bits per heavy atom. The van der Waals surface area contributed by atoms with Gasteiger partial charge in [0.25, 0.3) is 0 Å². The number of quaternary nitrogens is 1. The van der Waals surface area contributed by atoms with E-state index in [1.54, 1.807) is 12.6 Å². The Balaban J connectivity index is 2.00. The number of hydrogen-bond acceptors (Lipinski definition) is 3. The van der Waals surface area contributed by atoms with Crippen molar-refractivity contribution in [1.29, 1.82) is 0 Å². The van der Waals surface area contributed by atoms with Gasteiger partial charge in [-0.1, -0.05) is 0 Å². The minimum absolute atomic E-state index is 0.551. The van der Waals surface area contributed by atoms with Crippen LogP contribution < -0.4 is 10.8 Å². The van der Waals surface area contributed by atoms with Crippen molar-refractivity contribution in [3.05, 3.63) is 12.4 Å². The first kappa shape index (κ1) is 9.64. The molecule has 0 spiro atoms. The summed E-state index contributed by atoms with van der Waals surface area (Å²) in [6.45, 7) is 2.18. The van der Waals surface area contributed by atoms with Gasteiger partial charge in [-0.2, -0.15) is 10.6 Å². The van der Waals surface area contributed by atoms with Crippen LogP contribution in [0, 0.1) is 0 Å².